The lowest BCUT2D eigenvalue weighted by Gasteiger charge is -2.30. The zero-order chi connectivity index (χ0) is 69.0. The van der Waals surface area contributed by atoms with Crippen molar-refractivity contribution in [2.45, 2.75) is 379 Å². The molecule has 3 atom stereocenters. The molecule has 3 unspecified atom stereocenters. The molecular weight excluding hydrogens is 1190 g/mol. The van der Waals surface area contributed by atoms with Crippen LogP contribution in [-0.2, 0) is 18.4 Å². The molecule has 0 aliphatic rings. The van der Waals surface area contributed by atoms with E-state index in [0.717, 1.165) is 109 Å². The first-order valence-electron chi connectivity index (χ1n) is 40.4. The highest BCUT2D eigenvalue weighted by Gasteiger charge is 2.24. The molecule has 0 saturated heterocycles. The number of aliphatic hydroxyl groups is 1. The minimum Gasteiger partial charge on any atom is -0.756 e. The molecule has 0 spiro atoms. The van der Waals surface area contributed by atoms with Gasteiger partial charge in [-0.3, -0.25) is 9.36 Å². The molecule has 9 heteroatoms. The number of hydrogen-bond acceptors (Lipinski definition) is 6. The van der Waals surface area contributed by atoms with Crippen molar-refractivity contribution in [3.8, 4) is 0 Å². The van der Waals surface area contributed by atoms with Gasteiger partial charge < -0.3 is 28.8 Å². The third kappa shape index (κ3) is 78.1. The largest absolute Gasteiger partial charge is 0.756 e. The molecule has 0 saturated carbocycles. The molecular formula is C86H155N2O6P. The van der Waals surface area contributed by atoms with Gasteiger partial charge in [-0.05, 0) is 89.9 Å². The highest BCUT2D eigenvalue weighted by Crippen LogP contribution is 2.38. The Hall–Kier alpha value is -3.10. The van der Waals surface area contributed by atoms with Gasteiger partial charge in [-0.15, -0.1) is 0 Å². The number of allylic oxidation sites excluding steroid dienone is 20. The summed E-state index contributed by atoms with van der Waals surface area (Å²) in [6.07, 6.45) is 112. The zero-order valence-corrected chi connectivity index (χ0v) is 64.0. The standard InChI is InChI=1S/C86H155N2O6P/c1-6-8-10-12-14-16-18-20-22-24-26-28-30-32-34-36-38-40-41-42-43-44-45-46-47-48-50-52-54-56-58-60-62-64-66-68-70-72-74-76-78-80-86(90)87-84(83-94-95(91,92)93-82-81-88(3,4)5)85(89)79-77-75-73-71-69-67-65-63-61-59-57-55-53-51-49-39-37-35-33-31-29-27-25-23-21-19-17-15-13-11-9-7-2/h8,10,14,16,20,22,26,28,32,34,38,40,42-43,45-46,48,50,54,56,84-85,89H,6-7,9,11-13,15,17-19,21,23-25,27,29-31,33,35-37,39,41,44,47,49,51-53,55,57-83H2,1-5H3,(H-,87,90,91,92)/b10-8-,16-14-,22-20-,28-26-,34-32-,40-38-,43-42-,46-45-,50-48-,56-54-. The van der Waals surface area contributed by atoms with E-state index >= 15 is 0 Å². The third-order valence-electron chi connectivity index (χ3n) is 18.0. The van der Waals surface area contributed by atoms with Crippen LogP contribution in [0.1, 0.15) is 367 Å². The van der Waals surface area contributed by atoms with Crippen molar-refractivity contribution in [2.75, 3.05) is 40.9 Å². The number of likely N-dealkylation sites (N-methyl/N-ethyl adjacent to an activating group) is 1. The molecule has 0 bridgehead atoms. The van der Waals surface area contributed by atoms with E-state index in [0.29, 0.717) is 23.9 Å². The molecule has 550 valence electrons. The predicted octanol–water partition coefficient (Wildman–Crippen LogP) is 26.1. The first kappa shape index (κ1) is 91.9. The molecule has 0 aliphatic carbocycles. The van der Waals surface area contributed by atoms with E-state index in [1.165, 1.54) is 231 Å². The van der Waals surface area contributed by atoms with Crippen LogP contribution in [0.3, 0.4) is 0 Å². The number of aliphatic hydroxyl groups excluding tert-OH is 1. The first-order chi connectivity index (χ1) is 46.5. The van der Waals surface area contributed by atoms with Gasteiger partial charge in [-0.1, -0.05) is 392 Å². The minimum atomic E-state index is -4.59. The predicted molar refractivity (Wildman–Crippen MR) is 417 cm³/mol. The molecule has 0 aromatic rings. The van der Waals surface area contributed by atoms with E-state index in [1.807, 2.05) is 21.1 Å². The number of phosphoric acid groups is 1. The lowest BCUT2D eigenvalue weighted by molar-refractivity contribution is -0.870. The number of unbranched alkanes of at least 4 members (excludes halogenated alkanes) is 41. The second-order valence-corrected chi connectivity index (χ2v) is 29.8. The van der Waals surface area contributed by atoms with Crippen LogP contribution in [0.4, 0.5) is 0 Å². The summed E-state index contributed by atoms with van der Waals surface area (Å²) in [5, 5.41) is 14.1. The highest BCUT2D eigenvalue weighted by atomic mass is 31.2. The van der Waals surface area contributed by atoms with Crippen molar-refractivity contribution in [2.24, 2.45) is 0 Å². The van der Waals surface area contributed by atoms with Gasteiger partial charge in [0, 0.05) is 6.42 Å². The number of hydrogen-bond donors (Lipinski definition) is 2. The van der Waals surface area contributed by atoms with Crippen molar-refractivity contribution in [3.63, 3.8) is 0 Å². The maximum absolute atomic E-state index is 13.1. The molecule has 0 heterocycles. The molecule has 95 heavy (non-hydrogen) atoms. The molecule has 1 amide bonds. The summed E-state index contributed by atoms with van der Waals surface area (Å²) in [5.74, 6) is -0.169. The van der Waals surface area contributed by atoms with Gasteiger partial charge in [-0.25, -0.2) is 0 Å². The molecule has 0 aromatic carbocycles. The zero-order valence-electron chi connectivity index (χ0n) is 63.1. The average Bonchev–Trinajstić information content (AvgIpc) is 2.01. The summed E-state index contributed by atoms with van der Waals surface area (Å²) in [5.41, 5.74) is 0. The lowest BCUT2D eigenvalue weighted by atomic mass is 10.0. The summed E-state index contributed by atoms with van der Waals surface area (Å²) in [6, 6.07) is -0.813. The van der Waals surface area contributed by atoms with Crippen molar-refractivity contribution in [1.82, 2.24) is 5.32 Å². The number of carbonyl (C=O) groups is 1. The number of carbonyl (C=O) groups excluding carboxylic acids is 1. The molecule has 0 radical (unpaired) electrons. The molecule has 0 rings (SSSR count). The summed E-state index contributed by atoms with van der Waals surface area (Å²) >= 11 is 0. The quantitative estimate of drug-likeness (QED) is 0.0272. The fourth-order valence-corrected chi connectivity index (χ4v) is 12.5. The fraction of sp³-hybridized carbons (Fsp3) is 0.756. The number of nitrogens with zero attached hydrogens (tertiary/aromatic N) is 1. The molecule has 0 aliphatic heterocycles. The Kier molecular flexibility index (Phi) is 72.7. The van der Waals surface area contributed by atoms with Crippen LogP contribution in [0.25, 0.3) is 0 Å². The van der Waals surface area contributed by atoms with Gasteiger partial charge in [0.15, 0.2) is 0 Å². The van der Waals surface area contributed by atoms with Gasteiger partial charge in [0.05, 0.1) is 39.9 Å². The van der Waals surface area contributed by atoms with Gasteiger partial charge in [0.2, 0.25) is 5.91 Å². The van der Waals surface area contributed by atoms with Crippen molar-refractivity contribution in [3.05, 3.63) is 122 Å². The molecule has 8 nitrogen and oxygen atoms in total. The SMILES string of the molecule is CC/C=C\C/C=C\C/C=C\C/C=C\C/C=C\C/C=C\C/C=C\C/C=C\C/C=C\C/C=C\CCCCCCCCCCCCC(=O)NC(COP(=O)([O-])OCC[N+](C)(C)C)C(O)CCCCCCCCCCCCCCCCCCCCCCCCCCCCCCCCCC. The van der Waals surface area contributed by atoms with Crippen molar-refractivity contribution < 1.29 is 32.9 Å². The second kappa shape index (κ2) is 75.1. The number of phosphoric ester groups is 1. The lowest BCUT2D eigenvalue weighted by Crippen LogP contribution is -2.46. The van der Waals surface area contributed by atoms with E-state index in [2.05, 4.69) is 141 Å². The molecule has 0 aromatic heterocycles. The summed E-state index contributed by atoms with van der Waals surface area (Å²) in [6.45, 7) is 4.64. The van der Waals surface area contributed by atoms with Crippen molar-refractivity contribution in [1.29, 1.82) is 0 Å². The van der Waals surface area contributed by atoms with Crippen LogP contribution in [0.5, 0.6) is 0 Å². The Labute approximate surface area is 590 Å². The Morgan fingerprint density at radius 3 is 0.937 bits per heavy atom. The van der Waals surface area contributed by atoms with Crippen LogP contribution < -0.4 is 10.2 Å². The van der Waals surface area contributed by atoms with E-state index < -0.39 is 20.0 Å². The van der Waals surface area contributed by atoms with Crippen LogP contribution in [-0.4, -0.2) is 68.5 Å². The Morgan fingerprint density at radius 1 is 0.379 bits per heavy atom. The van der Waals surface area contributed by atoms with Crippen molar-refractivity contribution >= 4 is 13.7 Å². The minimum absolute atomic E-state index is 0.00725. The number of quaternary nitrogens is 1. The Bertz CT molecular complexity index is 1970. The smallest absolute Gasteiger partial charge is 0.268 e. The summed E-state index contributed by atoms with van der Waals surface area (Å²) < 4.78 is 23.6. The van der Waals surface area contributed by atoms with Crippen LogP contribution in [0, 0.1) is 0 Å². The van der Waals surface area contributed by atoms with E-state index in [4.69, 9.17) is 9.05 Å². The van der Waals surface area contributed by atoms with E-state index in [1.54, 1.807) is 0 Å². The number of nitrogens with one attached hydrogen (secondary N) is 1. The first-order valence-corrected chi connectivity index (χ1v) is 41.8. The monoisotopic (exact) mass is 1340 g/mol. The average molecular weight is 1340 g/mol. The maximum atomic E-state index is 13.1. The van der Waals surface area contributed by atoms with Crippen LogP contribution in [0.15, 0.2) is 122 Å². The highest BCUT2D eigenvalue weighted by molar-refractivity contribution is 7.45. The maximum Gasteiger partial charge on any atom is 0.268 e. The summed E-state index contributed by atoms with van der Waals surface area (Å²) in [7, 11) is 1.30. The van der Waals surface area contributed by atoms with Crippen LogP contribution in [0.2, 0.25) is 0 Å². The Balaban J connectivity index is 4.02. The van der Waals surface area contributed by atoms with Gasteiger partial charge >= 0.3 is 0 Å². The van der Waals surface area contributed by atoms with E-state index in [9.17, 15) is 19.4 Å². The third-order valence-corrected chi connectivity index (χ3v) is 18.9. The van der Waals surface area contributed by atoms with E-state index in [-0.39, 0.29) is 19.1 Å². The molecule has 2 N–H and O–H groups in total. The Morgan fingerprint density at radius 2 is 0.642 bits per heavy atom. The summed E-state index contributed by atoms with van der Waals surface area (Å²) in [4.78, 5) is 25.8. The number of amides is 1. The van der Waals surface area contributed by atoms with Crippen LogP contribution >= 0.6 is 7.82 Å². The van der Waals surface area contributed by atoms with Gasteiger partial charge in [0.25, 0.3) is 7.82 Å². The second-order valence-electron chi connectivity index (χ2n) is 28.4. The normalized spacial score (nSPS) is 14.1. The van der Waals surface area contributed by atoms with Gasteiger partial charge in [0.1, 0.15) is 13.2 Å². The fourth-order valence-electron chi connectivity index (χ4n) is 11.8. The van der Waals surface area contributed by atoms with Gasteiger partial charge in [-0.2, -0.15) is 0 Å². The molecule has 0 fully saturated rings. The number of rotatable bonds is 74. The topological polar surface area (TPSA) is 108 Å².